The molecule has 21 heavy (non-hydrogen) atoms. The summed E-state index contributed by atoms with van der Waals surface area (Å²) in [6.45, 7) is 4.77. The molecule has 6 nitrogen and oxygen atoms in total. The standard InChI is InChI=1S/C15H21N3O3/c1-10-6-7-17(12(8-10)9-16)15(19)13-5-3-4-11(2)14(13)18(20)21/h3-5,10,12H,6-9,16H2,1-2H3. The van der Waals surface area contributed by atoms with E-state index in [2.05, 4.69) is 6.92 Å². The third kappa shape index (κ3) is 3.05. The highest BCUT2D eigenvalue weighted by Gasteiger charge is 2.33. The molecule has 1 amide bonds. The van der Waals surface area contributed by atoms with Crippen LogP contribution in [-0.2, 0) is 0 Å². The maximum atomic E-state index is 12.7. The highest BCUT2D eigenvalue weighted by molar-refractivity contribution is 5.99. The van der Waals surface area contributed by atoms with Gasteiger partial charge in [-0.1, -0.05) is 19.1 Å². The van der Waals surface area contributed by atoms with Crippen molar-refractivity contribution < 1.29 is 9.72 Å². The lowest BCUT2D eigenvalue weighted by atomic mass is 9.91. The Morgan fingerprint density at radius 3 is 2.86 bits per heavy atom. The monoisotopic (exact) mass is 291 g/mol. The van der Waals surface area contributed by atoms with Crippen molar-refractivity contribution in [3.63, 3.8) is 0 Å². The molecule has 2 atom stereocenters. The molecule has 1 heterocycles. The molecule has 2 rings (SSSR count). The number of nitrogens with two attached hydrogens (primary N) is 1. The molecule has 0 radical (unpaired) electrons. The van der Waals surface area contributed by atoms with Crippen molar-refractivity contribution >= 4 is 11.6 Å². The summed E-state index contributed by atoms with van der Waals surface area (Å²) < 4.78 is 0. The van der Waals surface area contributed by atoms with Gasteiger partial charge in [-0.3, -0.25) is 14.9 Å². The van der Waals surface area contributed by atoms with Gasteiger partial charge < -0.3 is 10.6 Å². The second-order valence-electron chi connectivity index (χ2n) is 5.75. The molecular weight excluding hydrogens is 270 g/mol. The van der Waals surface area contributed by atoms with Crippen LogP contribution in [0.4, 0.5) is 5.69 Å². The van der Waals surface area contributed by atoms with Crippen LogP contribution >= 0.6 is 0 Å². The Kier molecular flexibility index (Phi) is 4.57. The van der Waals surface area contributed by atoms with Gasteiger partial charge in [0.15, 0.2) is 0 Å². The fourth-order valence-electron chi connectivity index (χ4n) is 2.97. The number of benzene rings is 1. The lowest BCUT2D eigenvalue weighted by Gasteiger charge is -2.38. The molecule has 0 aliphatic carbocycles. The highest BCUT2D eigenvalue weighted by atomic mass is 16.6. The SMILES string of the molecule is Cc1cccc(C(=O)N2CCC(C)CC2CN)c1[N+](=O)[O-]. The van der Waals surface area contributed by atoms with Crippen molar-refractivity contribution in [2.75, 3.05) is 13.1 Å². The lowest BCUT2D eigenvalue weighted by molar-refractivity contribution is -0.385. The summed E-state index contributed by atoms with van der Waals surface area (Å²) in [6.07, 6.45) is 1.75. The molecule has 0 aromatic heterocycles. The lowest BCUT2D eigenvalue weighted by Crippen LogP contribution is -2.49. The molecule has 1 saturated heterocycles. The van der Waals surface area contributed by atoms with E-state index in [4.69, 9.17) is 5.73 Å². The number of aryl methyl sites for hydroxylation is 1. The summed E-state index contributed by atoms with van der Waals surface area (Å²) in [6, 6.07) is 4.81. The first kappa shape index (κ1) is 15.4. The molecule has 1 aliphatic heterocycles. The number of amides is 1. The Balaban J connectivity index is 2.36. The van der Waals surface area contributed by atoms with Crippen molar-refractivity contribution in [3.05, 3.63) is 39.4 Å². The first-order valence-corrected chi connectivity index (χ1v) is 7.20. The predicted molar refractivity (Wildman–Crippen MR) is 80.1 cm³/mol. The number of hydrogen-bond donors (Lipinski definition) is 1. The van der Waals surface area contributed by atoms with Gasteiger partial charge >= 0.3 is 0 Å². The Morgan fingerprint density at radius 1 is 1.52 bits per heavy atom. The topological polar surface area (TPSA) is 89.5 Å². The van der Waals surface area contributed by atoms with Crippen LogP contribution < -0.4 is 5.73 Å². The van der Waals surface area contributed by atoms with Crippen LogP contribution in [0.5, 0.6) is 0 Å². The van der Waals surface area contributed by atoms with E-state index in [1.54, 1.807) is 24.0 Å². The smallest absolute Gasteiger partial charge is 0.285 e. The van der Waals surface area contributed by atoms with Crippen LogP contribution in [0.2, 0.25) is 0 Å². The zero-order chi connectivity index (χ0) is 15.6. The van der Waals surface area contributed by atoms with Gasteiger partial charge in [-0.15, -0.1) is 0 Å². The van der Waals surface area contributed by atoms with E-state index >= 15 is 0 Å². The molecule has 6 heteroatoms. The van der Waals surface area contributed by atoms with Gasteiger partial charge in [0, 0.05) is 24.7 Å². The highest BCUT2D eigenvalue weighted by Crippen LogP contribution is 2.28. The Labute approximate surface area is 124 Å². The summed E-state index contributed by atoms with van der Waals surface area (Å²) in [4.78, 5) is 25.2. The predicted octanol–water partition coefficient (Wildman–Crippen LogP) is 2.10. The van der Waals surface area contributed by atoms with E-state index in [0.29, 0.717) is 24.6 Å². The number of piperidine rings is 1. The Hall–Kier alpha value is -1.95. The average molecular weight is 291 g/mol. The van der Waals surface area contributed by atoms with Crippen LogP contribution in [0.15, 0.2) is 18.2 Å². The number of carbonyl (C=O) groups is 1. The quantitative estimate of drug-likeness (QED) is 0.682. The van der Waals surface area contributed by atoms with Gasteiger partial charge in [0.05, 0.1) is 4.92 Å². The molecule has 114 valence electrons. The van der Waals surface area contributed by atoms with Crippen LogP contribution in [0.25, 0.3) is 0 Å². The van der Waals surface area contributed by atoms with E-state index in [9.17, 15) is 14.9 Å². The van der Waals surface area contributed by atoms with Gasteiger partial charge in [-0.05, 0) is 31.7 Å². The van der Waals surface area contributed by atoms with E-state index in [1.165, 1.54) is 6.07 Å². The fourth-order valence-corrected chi connectivity index (χ4v) is 2.97. The second kappa shape index (κ2) is 6.22. The first-order chi connectivity index (χ1) is 9.95. The maximum Gasteiger partial charge on any atom is 0.285 e. The molecule has 1 aromatic rings. The van der Waals surface area contributed by atoms with Gasteiger partial charge in [0.2, 0.25) is 0 Å². The number of nitro benzene ring substituents is 1. The van der Waals surface area contributed by atoms with Crippen LogP contribution in [-0.4, -0.2) is 34.9 Å². The van der Waals surface area contributed by atoms with Crippen LogP contribution in [0.3, 0.4) is 0 Å². The van der Waals surface area contributed by atoms with Gasteiger partial charge in [-0.25, -0.2) is 0 Å². The Morgan fingerprint density at radius 2 is 2.24 bits per heavy atom. The molecule has 1 fully saturated rings. The summed E-state index contributed by atoms with van der Waals surface area (Å²) in [5.74, 6) is 0.239. The van der Waals surface area contributed by atoms with Crippen LogP contribution in [0, 0.1) is 23.0 Å². The van der Waals surface area contributed by atoms with E-state index < -0.39 is 4.92 Å². The second-order valence-corrected chi connectivity index (χ2v) is 5.75. The van der Waals surface area contributed by atoms with Crippen LogP contribution in [0.1, 0.15) is 35.7 Å². The number of nitrogens with zero attached hydrogens (tertiary/aromatic N) is 2. The number of hydrogen-bond acceptors (Lipinski definition) is 4. The normalized spacial score (nSPS) is 22.1. The largest absolute Gasteiger partial charge is 0.334 e. The van der Waals surface area contributed by atoms with Crippen molar-refractivity contribution in [1.82, 2.24) is 4.90 Å². The molecule has 0 bridgehead atoms. The summed E-state index contributed by atoms with van der Waals surface area (Å²) in [5, 5.41) is 11.2. The number of nitro groups is 1. The average Bonchev–Trinajstić information content (AvgIpc) is 2.45. The number of likely N-dealkylation sites (tertiary alicyclic amines) is 1. The molecule has 0 saturated carbocycles. The molecule has 1 aliphatic rings. The van der Waals surface area contributed by atoms with Gasteiger partial charge in [0.1, 0.15) is 5.56 Å². The molecule has 1 aromatic carbocycles. The molecule has 2 unspecified atom stereocenters. The van der Waals surface area contributed by atoms with Gasteiger partial charge in [-0.2, -0.15) is 0 Å². The third-order valence-corrected chi connectivity index (χ3v) is 4.16. The summed E-state index contributed by atoms with van der Waals surface area (Å²) in [7, 11) is 0. The van der Waals surface area contributed by atoms with E-state index in [1.807, 2.05) is 0 Å². The summed E-state index contributed by atoms with van der Waals surface area (Å²) in [5.41, 5.74) is 6.33. The van der Waals surface area contributed by atoms with Crippen molar-refractivity contribution in [2.24, 2.45) is 11.7 Å². The minimum absolute atomic E-state index is 0.0404. The maximum absolute atomic E-state index is 12.7. The zero-order valence-electron chi connectivity index (χ0n) is 12.4. The van der Waals surface area contributed by atoms with Crippen molar-refractivity contribution in [2.45, 2.75) is 32.7 Å². The van der Waals surface area contributed by atoms with E-state index in [0.717, 1.165) is 12.8 Å². The first-order valence-electron chi connectivity index (χ1n) is 7.20. The minimum Gasteiger partial charge on any atom is -0.334 e. The van der Waals surface area contributed by atoms with Gasteiger partial charge in [0.25, 0.3) is 11.6 Å². The fraction of sp³-hybridized carbons (Fsp3) is 0.533. The number of para-hydroxylation sites is 1. The summed E-state index contributed by atoms with van der Waals surface area (Å²) >= 11 is 0. The Bertz CT molecular complexity index is 559. The molecule has 2 N–H and O–H groups in total. The number of carbonyl (C=O) groups excluding carboxylic acids is 1. The van der Waals surface area contributed by atoms with Crippen molar-refractivity contribution in [3.8, 4) is 0 Å². The molecular formula is C15H21N3O3. The number of rotatable bonds is 3. The molecule has 0 spiro atoms. The van der Waals surface area contributed by atoms with E-state index in [-0.39, 0.29) is 23.2 Å². The van der Waals surface area contributed by atoms with Crippen molar-refractivity contribution in [1.29, 1.82) is 0 Å². The zero-order valence-corrected chi connectivity index (χ0v) is 12.4. The third-order valence-electron chi connectivity index (χ3n) is 4.16. The minimum atomic E-state index is -0.480.